The van der Waals surface area contributed by atoms with Crippen molar-refractivity contribution in [1.29, 1.82) is 0 Å². The molecule has 3 rings (SSSR count). The number of hydrogen-bond donors (Lipinski definition) is 1. The molecule has 0 amide bonds. The van der Waals surface area contributed by atoms with Gasteiger partial charge in [0, 0.05) is 48.0 Å². The second kappa shape index (κ2) is 8.09. The van der Waals surface area contributed by atoms with E-state index in [0.29, 0.717) is 18.8 Å². The van der Waals surface area contributed by atoms with Crippen LogP contribution in [0.3, 0.4) is 0 Å². The van der Waals surface area contributed by atoms with Gasteiger partial charge < -0.3 is 0 Å². The minimum atomic E-state index is 0.107. The van der Waals surface area contributed by atoms with E-state index < -0.39 is 0 Å². The quantitative estimate of drug-likeness (QED) is 0.661. The number of pyridine rings is 1. The molecule has 3 aromatic rings. The first kappa shape index (κ1) is 18.1. The van der Waals surface area contributed by atoms with Gasteiger partial charge in [0.2, 0.25) is 0 Å². The number of H-pyrrole nitrogens is 1. The predicted molar refractivity (Wildman–Crippen MR) is 104 cm³/mol. The molecule has 1 atom stereocenters. The van der Waals surface area contributed by atoms with Crippen LogP contribution in [0.4, 0.5) is 0 Å². The third-order valence-electron chi connectivity index (χ3n) is 4.70. The molecule has 2 aromatic heterocycles. The Balaban J connectivity index is 1.58. The molecule has 134 valence electrons. The molecule has 0 aliphatic heterocycles. The molecule has 1 N–H and O–H groups in total. The van der Waals surface area contributed by atoms with E-state index in [0.717, 1.165) is 22.4 Å². The number of rotatable bonds is 7. The number of carbonyl (C=O) groups excluding carboxylic acids is 1. The van der Waals surface area contributed by atoms with Crippen molar-refractivity contribution in [2.24, 2.45) is 0 Å². The Hall–Kier alpha value is -2.75. The number of Topliss-reactive ketones (excluding diaryl/α,β-unsaturated/α-hetero) is 1. The van der Waals surface area contributed by atoms with Gasteiger partial charge in [-0.2, -0.15) is 5.10 Å². The fourth-order valence-corrected chi connectivity index (χ4v) is 3.04. The summed E-state index contributed by atoms with van der Waals surface area (Å²) < 4.78 is 0. The zero-order chi connectivity index (χ0) is 18.5. The van der Waals surface area contributed by atoms with Crippen molar-refractivity contribution in [2.75, 3.05) is 0 Å². The Morgan fingerprint density at radius 2 is 1.77 bits per heavy atom. The van der Waals surface area contributed by atoms with Crippen molar-refractivity contribution in [3.8, 4) is 11.1 Å². The first-order chi connectivity index (χ1) is 12.5. The van der Waals surface area contributed by atoms with Crippen molar-refractivity contribution in [3.05, 3.63) is 71.8 Å². The smallest absolute Gasteiger partial charge is 0.137 e. The van der Waals surface area contributed by atoms with Gasteiger partial charge in [0.05, 0.1) is 6.20 Å². The minimum Gasteiger partial charge on any atom is -0.299 e. The van der Waals surface area contributed by atoms with E-state index >= 15 is 0 Å². The van der Waals surface area contributed by atoms with Gasteiger partial charge in [0.25, 0.3) is 0 Å². The number of carbonyl (C=O) groups is 1. The number of aromatic amines is 1. The summed E-state index contributed by atoms with van der Waals surface area (Å²) in [6.45, 7) is 6.40. The second-order valence-corrected chi connectivity index (χ2v) is 7.18. The molecule has 0 saturated heterocycles. The van der Waals surface area contributed by atoms with Crippen LogP contribution in [0.1, 0.15) is 55.8 Å². The zero-order valence-electron chi connectivity index (χ0n) is 15.6. The average molecular weight is 347 g/mol. The Kier molecular flexibility index (Phi) is 5.61. The van der Waals surface area contributed by atoms with Crippen LogP contribution in [0.15, 0.2) is 55.0 Å². The van der Waals surface area contributed by atoms with Gasteiger partial charge >= 0.3 is 0 Å². The van der Waals surface area contributed by atoms with Crippen molar-refractivity contribution in [1.82, 2.24) is 15.2 Å². The number of hydrogen-bond acceptors (Lipinski definition) is 3. The standard InChI is InChI=1S/C22H25N3O/c1-15(2)18-6-4-17(5-7-18)11-21(26)10-16(3)22-9-8-19(12-23-22)20-13-24-25-14-20/h4-9,12-16H,10-11H2,1-3H3,(H,24,25)/t16-/m0/s1. The van der Waals surface area contributed by atoms with Crippen molar-refractivity contribution in [3.63, 3.8) is 0 Å². The molecule has 0 spiro atoms. The van der Waals surface area contributed by atoms with Gasteiger partial charge in [-0.15, -0.1) is 0 Å². The van der Waals surface area contributed by atoms with Gasteiger partial charge in [0.15, 0.2) is 0 Å². The van der Waals surface area contributed by atoms with Crippen LogP contribution in [-0.2, 0) is 11.2 Å². The zero-order valence-corrected chi connectivity index (χ0v) is 15.6. The van der Waals surface area contributed by atoms with E-state index in [1.54, 1.807) is 6.20 Å². The molecule has 4 heteroatoms. The normalized spacial score (nSPS) is 12.3. The third kappa shape index (κ3) is 4.45. The lowest BCUT2D eigenvalue weighted by molar-refractivity contribution is -0.118. The minimum absolute atomic E-state index is 0.107. The fourth-order valence-electron chi connectivity index (χ4n) is 3.04. The number of aromatic nitrogens is 3. The first-order valence-electron chi connectivity index (χ1n) is 9.08. The van der Waals surface area contributed by atoms with Crippen LogP contribution in [0.5, 0.6) is 0 Å². The van der Waals surface area contributed by atoms with Crippen molar-refractivity contribution < 1.29 is 4.79 Å². The van der Waals surface area contributed by atoms with E-state index in [1.807, 2.05) is 24.5 Å². The summed E-state index contributed by atoms with van der Waals surface area (Å²) in [5, 5.41) is 6.75. The van der Waals surface area contributed by atoms with E-state index in [9.17, 15) is 4.79 Å². The van der Waals surface area contributed by atoms with E-state index in [2.05, 4.69) is 60.2 Å². The third-order valence-corrected chi connectivity index (χ3v) is 4.70. The predicted octanol–water partition coefficient (Wildman–Crippen LogP) is 4.90. The first-order valence-corrected chi connectivity index (χ1v) is 9.08. The second-order valence-electron chi connectivity index (χ2n) is 7.18. The molecular formula is C22H25N3O. The molecule has 1 aromatic carbocycles. The van der Waals surface area contributed by atoms with Gasteiger partial charge in [0.1, 0.15) is 5.78 Å². The molecule has 0 radical (unpaired) electrons. The molecule has 0 bridgehead atoms. The molecule has 26 heavy (non-hydrogen) atoms. The highest BCUT2D eigenvalue weighted by Gasteiger charge is 2.13. The van der Waals surface area contributed by atoms with Gasteiger partial charge in [-0.3, -0.25) is 14.9 Å². The summed E-state index contributed by atoms with van der Waals surface area (Å²) in [5.74, 6) is 0.863. The maximum atomic E-state index is 12.4. The average Bonchev–Trinajstić information content (AvgIpc) is 3.17. The van der Waals surface area contributed by atoms with Crippen molar-refractivity contribution in [2.45, 2.75) is 45.4 Å². The monoisotopic (exact) mass is 347 g/mol. The van der Waals surface area contributed by atoms with Crippen molar-refractivity contribution >= 4 is 5.78 Å². The summed E-state index contributed by atoms with van der Waals surface area (Å²) in [5.41, 5.74) is 5.36. The largest absolute Gasteiger partial charge is 0.299 e. The Bertz CT molecular complexity index is 834. The summed E-state index contributed by atoms with van der Waals surface area (Å²) in [6.07, 6.45) is 6.44. The topological polar surface area (TPSA) is 58.6 Å². The summed E-state index contributed by atoms with van der Waals surface area (Å²) in [4.78, 5) is 17.0. The van der Waals surface area contributed by atoms with Crippen LogP contribution in [0.2, 0.25) is 0 Å². The van der Waals surface area contributed by atoms with E-state index in [1.165, 1.54) is 5.56 Å². The molecule has 4 nitrogen and oxygen atoms in total. The lowest BCUT2D eigenvalue weighted by Crippen LogP contribution is -2.08. The molecule has 0 saturated carbocycles. The van der Waals surface area contributed by atoms with Gasteiger partial charge in [-0.25, -0.2) is 0 Å². The summed E-state index contributed by atoms with van der Waals surface area (Å²) >= 11 is 0. The highest BCUT2D eigenvalue weighted by molar-refractivity contribution is 5.81. The van der Waals surface area contributed by atoms with Crippen LogP contribution >= 0.6 is 0 Å². The molecule has 2 heterocycles. The SMILES string of the molecule is CC(C)c1ccc(CC(=O)C[C@H](C)c2ccc(-c3cn[nH]c3)cn2)cc1. The Labute approximate surface area is 154 Å². The lowest BCUT2D eigenvalue weighted by atomic mass is 9.95. The highest BCUT2D eigenvalue weighted by Crippen LogP contribution is 2.22. The lowest BCUT2D eigenvalue weighted by Gasteiger charge is -2.11. The fraction of sp³-hybridized carbons (Fsp3) is 0.318. The number of benzene rings is 1. The van der Waals surface area contributed by atoms with E-state index in [4.69, 9.17) is 0 Å². The van der Waals surface area contributed by atoms with Crippen LogP contribution < -0.4 is 0 Å². The molecular weight excluding hydrogens is 322 g/mol. The maximum Gasteiger partial charge on any atom is 0.137 e. The molecule has 0 fully saturated rings. The molecule has 0 aliphatic carbocycles. The highest BCUT2D eigenvalue weighted by atomic mass is 16.1. The van der Waals surface area contributed by atoms with Gasteiger partial charge in [-0.1, -0.05) is 51.1 Å². The number of ketones is 1. The summed E-state index contributed by atoms with van der Waals surface area (Å²) in [7, 11) is 0. The Morgan fingerprint density at radius 1 is 1.00 bits per heavy atom. The van der Waals surface area contributed by atoms with E-state index in [-0.39, 0.29) is 11.7 Å². The van der Waals surface area contributed by atoms with Crippen LogP contribution in [0, 0.1) is 0 Å². The number of nitrogens with one attached hydrogen (secondary N) is 1. The number of nitrogens with zero attached hydrogens (tertiary/aromatic N) is 2. The maximum absolute atomic E-state index is 12.4. The Morgan fingerprint density at radius 3 is 2.35 bits per heavy atom. The molecule has 0 aliphatic rings. The van der Waals surface area contributed by atoms with Gasteiger partial charge in [-0.05, 0) is 23.1 Å². The molecule has 0 unspecified atom stereocenters. The summed E-state index contributed by atoms with van der Waals surface area (Å²) in [6, 6.07) is 12.4. The van der Waals surface area contributed by atoms with Crippen LogP contribution in [0.25, 0.3) is 11.1 Å². The van der Waals surface area contributed by atoms with Crippen LogP contribution in [-0.4, -0.2) is 21.0 Å².